The van der Waals surface area contributed by atoms with Crippen molar-refractivity contribution in [1.29, 1.82) is 5.26 Å². The maximum atomic E-state index is 9.27. The Hall–Kier alpha value is -2.90. The van der Waals surface area contributed by atoms with Crippen molar-refractivity contribution in [3.8, 4) is 17.2 Å². The standard InChI is InChI=1S/C20H17N3O.C2H6/c21-13-18-14-22-6-5-20(18)17-2-1-16-12-19(4-3-15(16)11-17)23-7-9-24-10-8-23;1-2/h1-6,11-12,14H,7-10H2;1-2H3. The molecule has 0 aliphatic carbocycles. The van der Waals surface area contributed by atoms with Crippen LogP contribution in [0.1, 0.15) is 19.4 Å². The van der Waals surface area contributed by atoms with E-state index in [0.717, 1.165) is 37.4 Å². The summed E-state index contributed by atoms with van der Waals surface area (Å²) in [4.78, 5) is 6.38. The lowest BCUT2D eigenvalue weighted by Gasteiger charge is -2.29. The van der Waals surface area contributed by atoms with Gasteiger partial charge in [-0.25, -0.2) is 0 Å². The van der Waals surface area contributed by atoms with Gasteiger partial charge in [0.25, 0.3) is 0 Å². The number of ether oxygens (including phenoxy) is 1. The Morgan fingerprint density at radius 3 is 2.50 bits per heavy atom. The summed E-state index contributed by atoms with van der Waals surface area (Å²) in [5, 5.41) is 11.6. The van der Waals surface area contributed by atoms with Crippen LogP contribution in [0.25, 0.3) is 21.9 Å². The minimum absolute atomic E-state index is 0.599. The Balaban J connectivity index is 0.000000948. The molecule has 0 N–H and O–H groups in total. The molecule has 26 heavy (non-hydrogen) atoms. The predicted octanol–water partition coefficient (Wildman–Crippen LogP) is 4.64. The molecule has 0 bridgehead atoms. The van der Waals surface area contributed by atoms with Crippen molar-refractivity contribution in [1.82, 2.24) is 4.98 Å². The van der Waals surface area contributed by atoms with E-state index in [9.17, 15) is 5.26 Å². The Morgan fingerprint density at radius 1 is 1.00 bits per heavy atom. The third-order valence-electron chi connectivity index (χ3n) is 4.45. The second-order valence-electron chi connectivity index (χ2n) is 5.88. The van der Waals surface area contributed by atoms with Crippen LogP contribution in [0.5, 0.6) is 0 Å². The van der Waals surface area contributed by atoms with Gasteiger partial charge in [0.05, 0.1) is 18.8 Å². The summed E-state index contributed by atoms with van der Waals surface area (Å²) in [5.74, 6) is 0. The van der Waals surface area contributed by atoms with E-state index in [4.69, 9.17) is 4.74 Å². The van der Waals surface area contributed by atoms with Gasteiger partial charge in [-0.05, 0) is 40.6 Å². The Bertz CT molecular complexity index is 924. The van der Waals surface area contributed by atoms with E-state index >= 15 is 0 Å². The molecule has 0 saturated carbocycles. The smallest absolute Gasteiger partial charge is 0.101 e. The molecule has 0 spiro atoms. The van der Waals surface area contributed by atoms with Crippen molar-refractivity contribution in [3.05, 3.63) is 60.4 Å². The van der Waals surface area contributed by atoms with Gasteiger partial charge < -0.3 is 9.64 Å². The molecule has 1 aliphatic heterocycles. The molecule has 4 heteroatoms. The van der Waals surface area contributed by atoms with Crippen LogP contribution in [0.2, 0.25) is 0 Å². The van der Waals surface area contributed by atoms with Gasteiger partial charge in [0.1, 0.15) is 6.07 Å². The molecule has 4 nitrogen and oxygen atoms in total. The fourth-order valence-electron chi connectivity index (χ4n) is 3.15. The molecule has 2 heterocycles. The highest BCUT2D eigenvalue weighted by Crippen LogP contribution is 2.29. The average Bonchev–Trinajstić information content (AvgIpc) is 2.75. The third kappa shape index (κ3) is 3.68. The normalized spacial score (nSPS) is 13.7. The molecule has 2 aromatic carbocycles. The number of rotatable bonds is 2. The summed E-state index contributed by atoms with van der Waals surface area (Å²) >= 11 is 0. The molecule has 0 unspecified atom stereocenters. The first-order valence-corrected chi connectivity index (χ1v) is 9.06. The molecule has 1 aromatic heterocycles. The second-order valence-corrected chi connectivity index (χ2v) is 5.88. The van der Waals surface area contributed by atoms with Crippen LogP contribution < -0.4 is 4.90 Å². The van der Waals surface area contributed by atoms with E-state index in [1.54, 1.807) is 12.4 Å². The van der Waals surface area contributed by atoms with Crippen LogP contribution in [-0.4, -0.2) is 31.3 Å². The second kappa shape index (κ2) is 8.46. The number of morpholine rings is 1. The molecule has 0 radical (unpaired) electrons. The lowest BCUT2D eigenvalue weighted by atomic mass is 9.99. The monoisotopic (exact) mass is 345 g/mol. The average molecular weight is 345 g/mol. The summed E-state index contributed by atoms with van der Waals surface area (Å²) < 4.78 is 5.42. The van der Waals surface area contributed by atoms with Crippen LogP contribution in [0.3, 0.4) is 0 Å². The van der Waals surface area contributed by atoms with Gasteiger partial charge in [-0.15, -0.1) is 0 Å². The lowest BCUT2D eigenvalue weighted by Crippen LogP contribution is -2.36. The van der Waals surface area contributed by atoms with Crippen molar-refractivity contribution >= 4 is 16.5 Å². The van der Waals surface area contributed by atoms with Gasteiger partial charge in [0, 0.05) is 36.7 Å². The number of nitrogens with zero attached hydrogens (tertiary/aromatic N) is 3. The zero-order chi connectivity index (χ0) is 18.4. The molecule has 0 atom stereocenters. The number of benzene rings is 2. The predicted molar refractivity (Wildman–Crippen MR) is 106 cm³/mol. The minimum atomic E-state index is 0.599. The number of nitriles is 1. The zero-order valence-electron chi connectivity index (χ0n) is 15.3. The number of anilines is 1. The van der Waals surface area contributed by atoms with Crippen LogP contribution in [0, 0.1) is 11.3 Å². The molecule has 132 valence electrons. The van der Waals surface area contributed by atoms with E-state index in [0.29, 0.717) is 5.56 Å². The van der Waals surface area contributed by atoms with Crippen molar-refractivity contribution in [3.63, 3.8) is 0 Å². The first-order chi connectivity index (χ1) is 12.8. The van der Waals surface area contributed by atoms with E-state index in [1.807, 2.05) is 19.9 Å². The number of hydrogen-bond donors (Lipinski definition) is 0. The van der Waals surface area contributed by atoms with Gasteiger partial charge in [-0.1, -0.05) is 32.0 Å². The molecular weight excluding hydrogens is 322 g/mol. The number of fused-ring (bicyclic) bond motifs is 1. The molecule has 1 fully saturated rings. The van der Waals surface area contributed by atoms with E-state index < -0.39 is 0 Å². The van der Waals surface area contributed by atoms with Gasteiger partial charge in [0.2, 0.25) is 0 Å². The lowest BCUT2D eigenvalue weighted by molar-refractivity contribution is 0.122. The zero-order valence-corrected chi connectivity index (χ0v) is 15.3. The number of pyridine rings is 1. The first-order valence-electron chi connectivity index (χ1n) is 9.06. The third-order valence-corrected chi connectivity index (χ3v) is 4.45. The van der Waals surface area contributed by atoms with Crippen molar-refractivity contribution in [2.24, 2.45) is 0 Å². The van der Waals surface area contributed by atoms with Gasteiger partial charge in [-0.3, -0.25) is 4.98 Å². The Kier molecular flexibility index (Phi) is 5.83. The highest BCUT2D eigenvalue weighted by molar-refractivity contribution is 5.90. The largest absolute Gasteiger partial charge is 0.378 e. The highest BCUT2D eigenvalue weighted by atomic mass is 16.5. The summed E-state index contributed by atoms with van der Waals surface area (Å²) in [6, 6.07) is 17.0. The quantitative estimate of drug-likeness (QED) is 0.679. The van der Waals surface area contributed by atoms with Crippen molar-refractivity contribution in [2.75, 3.05) is 31.2 Å². The Labute approximate surface area is 154 Å². The van der Waals surface area contributed by atoms with E-state index in [2.05, 4.69) is 52.4 Å². The molecule has 1 aliphatic rings. The first kappa shape index (κ1) is 17.9. The minimum Gasteiger partial charge on any atom is -0.378 e. The van der Waals surface area contributed by atoms with E-state index in [-0.39, 0.29) is 0 Å². The summed E-state index contributed by atoms with van der Waals surface area (Å²) in [6.07, 6.45) is 3.34. The maximum Gasteiger partial charge on any atom is 0.101 e. The van der Waals surface area contributed by atoms with Crippen molar-refractivity contribution in [2.45, 2.75) is 13.8 Å². The topological polar surface area (TPSA) is 49.2 Å². The molecule has 0 amide bonds. The molecular formula is C22H23N3O. The van der Waals surface area contributed by atoms with Crippen LogP contribution in [-0.2, 0) is 4.74 Å². The number of aromatic nitrogens is 1. The van der Waals surface area contributed by atoms with Gasteiger partial charge >= 0.3 is 0 Å². The molecule has 3 aromatic rings. The summed E-state index contributed by atoms with van der Waals surface area (Å²) in [5.41, 5.74) is 3.80. The fourth-order valence-corrected chi connectivity index (χ4v) is 3.15. The van der Waals surface area contributed by atoms with E-state index in [1.165, 1.54) is 16.5 Å². The van der Waals surface area contributed by atoms with Crippen LogP contribution in [0.15, 0.2) is 54.9 Å². The maximum absolute atomic E-state index is 9.27. The summed E-state index contributed by atoms with van der Waals surface area (Å²) in [6.45, 7) is 7.45. The molecule has 1 saturated heterocycles. The fraction of sp³-hybridized carbons (Fsp3) is 0.273. The van der Waals surface area contributed by atoms with Crippen LogP contribution >= 0.6 is 0 Å². The number of hydrogen-bond acceptors (Lipinski definition) is 4. The van der Waals surface area contributed by atoms with Gasteiger partial charge in [0.15, 0.2) is 0 Å². The van der Waals surface area contributed by atoms with Crippen LogP contribution in [0.4, 0.5) is 5.69 Å². The van der Waals surface area contributed by atoms with Crippen molar-refractivity contribution < 1.29 is 4.74 Å². The summed E-state index contributed by atoms with van der Waals surface area (Å²) in [7, 11) is 0. The highest BCUT2D eigenvalue weighted by Gasteiger charge is 2.12. The SMILES string of the molecule is CC.N#Cc1cnccc1-c1ccc2cc(N3CCOCC3)ccc2c1. The van der Waals surface area contributed by atoms with Gasteiger partial charge in [-0.2, -0.15) is 5.26 Å². The Morgan fingerprint density at radius 2 is 1.73 bits per heavy atom. The molecule has 4 rings (SSSR count).